The highest BCUT2D eigenvalue weighted by atomic mass is 16.6. The fraction of sp³-hybridized carbons (Fsp3) is 0.815. The van der Waals surface area contributed by atoms with Gasteiger partial charge in [0.05, 0.1) is 5.92 Å². The fourth-order valence-corrected chi connectivity index (χ4v) is 8.09. The van der Waals surface area contributed by atoms with Crippen molar-refractivity contribution in [1.82, 2.24) is 0 Å². The molecule has 0 saturated heterocycles. The molecule has 0 fully saturated rings. The molecule has 1 aromatic carbocycles. The average molecular weight is 871 g/mol. The van der Waals surface area contributed by atoms with Crippen LogP contribution in [0, 0.1) is 25.7 Å². The van der Waals surface area contributed by atoms with E-state index in [4.69, 9.17) is 18.9 Å². The van der Waals surface area contributed by atoms with E-state index in [-0.39, 0.29) is 49.4 Å². The zero-order valence-electron chi connectivity index (χ0n) is 41.2. The monoisotopic (exact) mass is 871 g/mol. The number of hydrogen-bond donors (Lipinski definition) is 0. The molecule has 2 unspecified atom stereocenters. The summed E-state index contributed by atoms with van der Waals surface area (Å²) in [5, 5.41) is 0. The van der Waals surface area contributed by atoms with Crippen molar-refractivity contribution in [3.8, 4) is 5.75 Å². The van der Waals surface area contributed by atoms with Crippen molar-refractivity contribution >= 4 is 23.9 Å². The predicted octanol–water partition coefficient (Wildman–Crippen LogP) is 15.2. The molecule has 0 bridgehead atoms. The highest BCUT2D eigenvalue weighted by molar-refractivity contribution is 5.75. The van der Waals surface area contributed by atoms with Crippen LogP contribution in [0.2, 0.25) is 0 Å². The van der Waals surface area contributed by atoms with Crippen molar-refractivity contribution < 1.29 is 38.1 Å². The Kier molecular flexibility index (Phi) is 35.5. The van der Waals surface area contributed by atoms with E-state index < -0.39 is 12.1 Å². The molecule has 8 heteroatoms. The van der Waals surface area contributed by atoms with Crippen molar-refractivity contribution in [2.45, 2.75) is 260 Å². The Labute approximate surface area is 380 Å². The van der Waals surface area contributed by atoms with Crippen LogP contribution in [0.3, 0.4) is 0 Å². The van der Waals surface area contributed by atoms with E-state index in [1.165, 1.54) is 134 Å². The van der Waals surface area contributed by atoms with Gasteiger partial charge in [0.25, 0.3) is 0 Å². The molecule has 0 spiro atoms. The van der Waals surface area contributed by atoms with E-state index in [0.717, 1.165) is 56.1 Å². The third-order valence-corrected chi connectivity index (χ3v) is 12.3. The summed E-state index contributed by atoms with van der Waals surface area (Å²) < 4.78 is 22.7. The fourth-order valence-electron chi connectivity index (χ4n) is 8.09. The highest BCUT2D eigenvalue weighted by Gasteiger charge is 2.23. The summed E-state index contributed by atoms with van der Waals surface area (Å²) in [4.78, 5) is 51.5. The van der Waals surface area contributed by atoms with E-state index in [0.29, 0.717) is 31.4 Å². The Morgan fingerprint density at radius 3 is 1.24 bits per heavy atom. The first kappa shape index (κ1) is 57.1. The van der Waals surface area contributed by atoms with Crippen molar-refractivity contribution in [2.24, 2.45) is 11.8 Å². The lowest BCUT2D eigenvalue weighted by Gasteiger charge is -2.20. The van der Waals surface area contributed by atoms with Crippen molar-refractivity contribution in [2.75, 3.05) is 13.2 Å². The molecule has 0 amide bonds. The minimum Gasteiger partial charge on any atom is -0.462 e. The number of esters is 4. The van der Waals surface area contributed by atoms with Crippen molar-refractivity contribution in [3.05, 3.63) is 28.8 Å². The number of unbranched alkanes of at least 4 members (excludes halogenated alkanes) is 24. The van der Waals surface area contributed by atoms with Crippen LogP contribution in [0.25, 0.3) is 0 Å². The SMILES string of the molecule is CCCCCCCCCCCCCCCC(=O)OCC(COC(=O)CCCCCCCCCCCCCCC)OC(=O)CC(C)CCC(C)C(=O)Oc1c(C)cc(CC)cc1C. The maximum Gasteiger partial charge on any atom is 0.314 e. The quantitative estimate of drug-likeness (QED) is 0.0277. The minimum atomic E-state index is -0.875. The third-order valence-electron chi connectivity index (χ3n) is 12.3. The number of hydrogen-bond acceptors (Lipinski definition) is 8. The topological polar surface area (TPSA) is 105 Å². The summed E-state index contributed by atoms with van der Waals surface area (Å²) in [6.45, 7) is 14.1. The van der Waals surface area contributed by atoms with Crippen LogP contribution in [-0.2, 0) is 39.8 Å². The molecule has 0 saturated carbocycles. The van der Waals surface area contributed by atoms with E-state index >= 15 is 0 Å². The smallest absolute Gasteiger partial charge is 0.314 e. The molecule has 1 rings (SSSR count). The van der Waals surface area contributed by atoms with Gasteiger partial charge in [-0.05, 0) is 68.6 Å². The van der Waals surface area contributed by atoms with Crippen molar-refractivity contribution in [3.63, 3.8) is 0 Å². The van der Waals surface area contributed by atoms with Crippen LogP contribution in [0.1, 0.15) is 250 Å². The lowest BCUT2D eigenvalue weighted by Crippen LogP contribution is -2.31. The molecule has 2 atom stereocenters. The Morgan fingerprint density at radius 1 is 0.500 bits per heavy atom. The minimum absolute atomic E-state index is 0.0538. The maximum absolute atomic E-state index is 13.1. The van der Waals surface area contributed by atoms with Gasteiger partial charge < -0.3 is 18.9 Å². The van der Waals surface area contributed by atoms with Gasteiger partial charge in [-0.2, -0.15) is 0 Å². The zero-order valence-corrected chi connectivity index (χ0v) is 41.2. The summed E-state index contributed by atoms with van der Waals surface area (Å²) in [7, 11) is 0. The molecule has 62 heavy (non-hydrogen) atoms. The second kappa shape index (κ2) is 38.5. The molecular weight excluding hydrogens is 777 g/mol. The molecule has 0 aliphatic rings. The Balaban J connectivity index is 2.50. The van der Waals surface area contributed by atoms with E-state index in [1.54, 1.807) is 0 Å². The molecular formula is C54H94O8. The Hall–Kier alpha value is -2.90. The molecule has 0 aliphatic carbocycles. The molecule has 0 heterocycles. The lowest BCUT2D eigenvalue weighted by atomic mass is 9.96. The first-order valence-corrected chi connectivity index (χ1v) is 25.8. The first-order valence-electron chi connectivity index (χ1n) is 25.8. The largest absolute Gasteiger partial charge is 0.462 e. The summed E-state index contributed by atoms with van der Waals surface area (Å²) >= 11 is 0. The second-order valence-corrected chi connectivity index (χ2v) is 18.6. The van der Waals surface area contributed by atoms with Gasteiger partial charge >= 0.3 is 23.9 Å². The van der Waals surface area contributed by atoms with Gasteiger partial charge in [0.15, 0.2) is 6.10 Å². The third kappa shape index (κ3) is 31.0. The van der Waals surface area contributed by atoms with Crippen LogP contribution in [0.15, 0.2) is 12.1 Å². The molecule has 0 aromatic heterocycles. The lowest BCUT2D eigenvalue weighted by molar-refractivity contribution is -0.167. The molecule has 8 nitrogen and oxygen atoms in total. The van der Waals surface area contributed by atoms with E-state index in [2.05, 4.69) is 32.9 Å². The Bertz CT molecular complexity index is 1240. The Morgan fingerprint density at radius 2 is 0.871 bits per heavy atom. The molecule has 0 radical (unpaired) electrons. The first-order chi connectivity index (χ1) is 30.0. The number of aryl methyl sites for hydroxylation is 3. The average Bonchev–Trinajstić information content (AvgIpc) is 3.25. The molecule has 358 valence electrons. The van der Waals surface area contributed by atoms with Crippen LogP contribution in [0.5, 0.6) is 5.75 Å². The predicted molar refractivity (Wildman–Crippen MR) is 256 cm³/mol. The van der Waals surface area contributed by atoms with Gasteiger partial charge in [-0.15, -0.1) is 0 Å². The summed E-state index contributed by atoms with van der Waals surface area (Å²) in [5.74, 6) is -1.15. The number of carbonyl (C=O) groups excluding carboxylic acids is 4. The summed E-state index contributed by atoms with van der Waals surface area (Å²) in [6.07, 6.45) is 34.0. The van der Waals surface area contributed by atoms with Crippen LogP contribution >= 0.6 is 0 Å². The number of rotatable bonds is 41. The van der Waals surface area contributed by atoms with Gasteiger partial charge in [-0.1, -0.05) is 201 Å². The van der Waals surface area contributed by atoms with E-state index in [9.17, 15) is 19.2 Å². The van der Waals surface area contributed by atoms with Gasteiger partial charge in [-0.25, -0.2) is 0 Å². The maximum atomic E-state index is 13.1. The molecule has 1 aromatic rings. The number of carbonyl (C=O) groups is 4. The second-order valence-electron chi connectivity index (χ2n) is 18.6. The molecule has 0 N–H and O–H groups in total. The van der Waals surface area contributed by atoms with Gasteiger partial charge in [0, 0.05) is 19.3 Å². The van der Waals surface area contributed by atoms with E-state index in [1.807, 2.05) is 27.7 Å². The van der Waals surface area contributed by atoms with Crippen molar-refractivity contribution in [1.29, 1.82) is 0 Å². The standard InChI is InChI=1S/C54H94O8/c1-8-11-13-15-17-19-21-23-25-27-29-31-33-35-50(55)59-42-49(43-60-51(56)36-34-32-30-28-26-24-22-20-18-16-14-12-9-2)61-52(57)39-44(4)37-38-45(5)54(58)62-53-46(6)40-48(10-3)41-47(53)7/h40-41,44-45,49H,8-39,42-43H2,1-7H3. The van der Waals surface area contributed by atoms with Gasteiger partial charge in [0.2, 0.25) is 0 Å². The van der Waals surface area contributed by atoms with Crippen LogP contribution in [0.4, 0.5) is 0 Å². The number of ether oxygens (including phenoxy) is 4. The molecule has 0 aliphatic heterocycles. The van der Waals surface area contributed by atoms with Crippen LogP contribution < -0.4 is 4.74 Å². The zero-order chi connectivity index (χ0) is 45.6. The summed E-state index contributed by atoms with van der Waals surface area (Å²) in [6, 6.07) is 4.12. The summed E-state index contributed by atoms with van der Waals surface area (Å²) in [5.41, 5.74) is 3.11. The van der Waals surface area contributed by atoms with Crippen LogP contribution in [-0.4, -0.2) is 43.2 Å². The van der Waals surface area contributed by atoms with Gasteiger partial charge in [0.1, 0.15) is 19.0 Å². The normalized spacial score (nSPS) is 12.3. The highest BCUT2D eigenvalue weighted by Crippen LogP contribution is 2.27. The number of benzene rings is 1. The van der Waals surface area contributed by atoms with Gasteiger partial charge in [-0.3, -0.25) is 19.2 Å².